The first-order chi connectivity index (χ1) is 20.9. The number of hydrogen-bond acceptors (Lipinski definition) is 5. The van der Waals surface area contributed by atoms with Crippen LogP contribution in [0.3, 0.4) is 0 Å². The molecule has 1 saturated carbocycles. The predicted octanol–water partition coefficient (Wildman–Crippen LogP) is 7.35. The summed E-state index contributed by atoms with van der Waals surface area (Å²) < 4.78 is 5.33. The molecule has 2 aromatic carbocycles. The van der Waals surface area contributed by atoms with Crippen LogP contribution in [0.5, 0.6) is 0 Å². The van der Waals surface area contributed by atoms with Gasteiger partial charge in [0.2, 0.25) is 5.91 Å². The SMILES string of the molecule is Cc1ccccc1N1CCCC(Cc2ccc(C(=O)C(C)CCC(=O)NC3CCCC3)cc2NC(=O)c2ccco2)CC1. The van der Waals surface area contributed by atoms with Gasteiger partial charge in [-0.05, 0) is 93.2 Å². The van der Waals surface area contributed by atoms with Gasteiger partial charge in [0.25, 0.3) is 5.91 Å². The fourth-order valence-electron chi connectivity index (χ4n) is 6.59. The van der Waals surface area contributed by atoms with E-state index in [0.29, 0.717) is 30.0 Å². The molecule has 2 fully saturated rings. The molecule has 0 radical (unpaired) electrons. The molecule has 3 aromatic rings. The van der Waals surface area contributed by atoms with Gasteiger partial charge >= 0.3 is 0 Å². The third-order valence-corrected chi connectivity index (χ3v) is 9.17. The third-order valence-electron chi connectivity index (χ3n) is 9.17. The van der Waals surface area contributed by atoms with Crippen LogP contribution in [0.25, 0.3) is 0 Å². The van der Waals surface area contributed by atoms with Crippen LogP contribution in [0.4, 0.5) is 11.4 Å². The summed E-state index contributed by atoms with van der Waals surface area (Å²) >= 11 is 0. The van der Waals surface area contributed by atoms with Crippen molar-refractivity contribution in [1.82, 2.24) is 5.32 Å². The molecule has 2 atom stereocenters. The maximum atomic E-state index is 13.4. The highest BCUT2D eigenvalue weighted by Crippen LogP contribution is 2.30. The highest BCUT2D eigenvalue weighted by Gasteiger charge is 2.24. The number of carbonyl (C=O) groups excluding carboxylic acids is 3. The number of nitrogens with one attached hydrogen (secondary N) is 2. The van der Waals surface area contributed by atoms with Crippen molar-refractivity contribution >= 4 is 29.0 Å². The van der Waals surface area contributed by atoms with Crippen molar-refractivity contribution in [3.63, 3.8) is 0 Å². The Hall–Kier alpha value is -3.87. The Morgan fingerprint density at radius 3 is 2.53 bits per heavy atom. The molecule has 1 aliphatic carbocycles. The van der Waals surface area contributed by atoms with Gasteiger partial charge in [0.05, 0.1) is 6.26 Å². The summed E-state index contributed by atoms with van der Waals surface area (Å²) in [6, 6.07) is 17.8. The topological polar surface area (TPSA) is 91.7 Å². The van der Waals surface area contributed by atoms with Crippen LogP contribution >= 0.6 is 0 Å². The number of furan rings is 1. The van der Waals surface area contributed by atoms with Crippen molar-refractivity contribution < 1.29 is 18.8 Å². The number of para-hydroxylation sites is 1. The van der Waals surface area contributed by atoms with Crippen molar-refractivity contribution in [2.45, 2.75) is 84.1 Å². The minimum Gasteiger partial charge on any atom is -0.459 e. The molecule has 0 spiro atoms. The molecule has 2 amide bonds. The van der Waals surface area contributed by atoms with E-state index >= 15 is 0 Å². The zero-order valence-electron chi connectivity index (χ0n) is 25.6. The molecule has 2 heterocycles. The summed E-state index contributed by atoms with van der Waals surface area (Å²) in [5.74, 6) is 0.0664. The molecule has 228 valence electrons. The molecule has 0 bridgehead atoms. The van der Waals surface area contributed by atoms with Gasteiger partial charge in [0.15, 0.2) is 11.5 Å². The molecule has 2 N–H and O–H groups in total. The summed E-state index contributed by atoms with van der Waals surface area (Å²) in [4.78, 5) is 41.4. The molecule has 7 heteroatoms. The van der Waals surface area contributed by atoms with E-state index in [9.17, 15) is 14.4 Å². The van der Waals surface area contributed by atoms with Crippen molar-refractivity contribution in [2.24, 2.45) is 11.8 Å². The summed E-state index contributed by atoms with van der Waals surface area (Å²) in [6.07, 6.45) is 10.8. The van der Waals surface area contributed by atoms with Crippen LogP contribution in [0.2, 0.25) is 0 Å². The number of aryl methyl sites for hydroxylation is 1. The van der Waals surface area contributed by atoms with E-state index in [0.717, 1.165) is 57.2 Å². The Morgan fingerprint density at radius 2 is 1.77 bits per heavy atom. The standard InChI is InChI=1S/C36H45N3O4/c1-25-9-3-6-13-32(25)39-20-7-10-27(19-21-39)23-28-16-17-29(24-31(28)38-36(42)33-14-8-22-43-33)35(41)26(2)15-18-34(40)37-30-11-4-5-12-30/h3,6,8-9,13-14,16-17,22,24,26-27,30H,4-5,7,10-12,15,18-21,23H2,1-2H3,(H,37,40)(H,38,42). The lowest BCUT2D eigenvalue weighted by atomic mass is 9.89. The van der Waals surface area contributed by atoms with Crippen molar-refractivity contribution in [3.05, 3.63) is 83.3 Å². The maximum Gasteiger partial charge on any atom is 0.291 e. The average molecular weight is 584 g/mol. The maximum absolute atomic E-state index is 13.4. The van der Waals surface area contributed by atoms with Crippen molar-refractivity contribution in [2.75, 3.05) is 23.3 Å². The van der Waals surface area contributed by atoms with E-state index in [1.165, 1.54) is 30.4 Å². The lowest BCUT2D eigenvalue weighted by Gasteiger charge is -2.25. The van der Waals surface area contributed by atoms with Gasteiger partial charge < -0.3 is 20.0 Å². The fourth-order valence-corrected chi connectivity index (χ4v) is 6.59. The Morgan fingerprint density at radius 1 is 0.953 bits per heavy atom. The molecular weight excluding hydrogens is 538 g/mol. The van der Waals surface area contributed by atoms with Crippen LogP contribution < -0.4 is 15.5 Å². The number of nitrogens with zero attached hydrogens (tertiary/aromatic N) is 1. The Labute approximate surface area is 255 Å². The van der Waals surface area contributed by atoms with Crippen LogP contribution in [-0.2, 0) is 11.2 Å². The molecule has 5 rings (SSSR count). The molecule has 1 aliphatic heterocycles. The summed E-state index contributed by atoms with van der Waals surface area (Å²) in [5, 5.41) is 6.14. The smallest absolute Gasteiger partial charge is 0.291 e. The quantitative estimate of drug-likeness (QED) is 0.230. The Bertz CT molecular complexity index is 1390. The van der Waals surface area contributed by atoms with Gasteiger partial charge in [-0.3, -0.25) is 14.4 Å². The van der Waals surface area contributed by atoms with E-state index < -0.39 is 0 Å². The molecule has 7 nitrogen and oxygen atoms in total. The molecule has 2 aliphatic rings. The Balaban J connectivity index is 1.26. The van der Waals surface area contributed by atoms with Gasteiger partial charge in [-0.25, -0.2) is 0 Å². The Kier molecular flexibility index (Phi) is 10.3. The van der Waals surface area contributed by atoms with Gasteiger partial charge in [0.1, 0.15) is 0 Å². The van der Waals surface area contributed by atoms with E-state index in [2.05, 4.69) is 46.7 Å². The highest BCUT2D eigenvalue weighted by atomic mass is 16.3. The summed E-state index contributed by atoms with van der Waals surface area (Å²) in [5.41, 5.74) is 4.83. The first-order valence-corrected chi connectivity index (χ1v) is 16.0. The van der Waals surface area contributed by atoms with Gasteiger partial charge in [-0.2, -0.15) is 0 Å². The lowest BCUT2D eigenvalue weighted by Crippen LogP contribution is -2.32. The predicted molar refractivity (Wildman–Crippen MR) is 171 cm³/mol. The third kappa shape index (κ3) is 8.15. The first-order valence-electron chi connectivity index (χ1n) is 16.0. The van der Waals surface area contributed by atoms with Gasteiger partial charge in [0, 0.05) is 48.4 Å². The molecule has 1 aromatic heterocycles. The van der Waals surface area contributed by atoms with Gasteiger partial charge in [-0.1, -0.05) is 50.1 Å². The number of Topliss-reactive ketones (excluding diaryl/α,β-unsaturated/α-hetero) is 1. The lowest BCUT2D eigenvalue weighted by molar-refractivity contribution is -0.121. The molecule has 1 saturated heterocycles. The normalized spacial score (nSPS) is 18.2. The number of hydrogen-bond donors (Lipinski definition) is 2. The van der Waals surface area contributed by atoms with Crippen LogP contribution in [0.1, 0.15) is 96.8 Å². The zero-order valence-corrected chi connectivity index (χ0v) is 25.6. The highest BCUT2D eigenvalue weighted by molar-refractivity contribution is 6.04. The fraction of sp³-hybridized carbons (Fsp3) is 0.472. The molecular formula is C36H45N3O4. The monoisotopic (exact) mass is 583 g/mol. The van der Waals surface area contributed by atoms with E-state index in [4.69, 9.17) is 4.42 Å². The molecule has 43 heavy (non-hydrogen) atoms. The average Bonchev–Trinajstić information content (AvgIpc) is 3.69. The second-order valence-electron chi connectivity index (χ2n) is 12.4. The zero-order chi connectivity index (χ0) is 30.2. The minimum atomic E-state index is -0.334. The van der Waals surface area contributed by atoms with Gasteiger partial charge in [-0.15, -0.1) is 0 Å². The largest absolute Gasteiger partial charge is 0.459 e. The van der Waals surface area contributed by atoms with E-state index in [1.807, 2.05) is 25.1 Å². The van der Waals surface area contributed by atoms with E-state index in [1.54, 1.807) is 12.1 Å². The number of carbonyl (C=O) groups is 3. The molecule has 2 unspecified atom stereocenters. The minimum absolute atomic E-state index is 0.0166. The number of anilines is 2. The second kappa shape index (κ2) is 14.5. The first kappa shape index (κ1) is 30.6. The van der Waals surface area contributed by atoms with Crippen molar-refractivity contribution in [1.29, 1.82) is 0 Å². The van der Waals surface area contributed by atoms with Crippen molar-refractivity contribution in [3.8, 4) is 0 Å². The number of amides is 2. The summed E-state index contributed by atoms with van der Waals surface area (Å²) in [6.45, 7) is 6.08. The van der Waals surface area contributed by atoms with Crippen LogP contribution in [0.15, 0.2) is 65.3 Å². The second-order valence-corrected chi connectivity index (χ2v) is 12.4. The number of rotatable bonds is 11. The van der Waals surface area contributed by atoms with Crippen LogP contribution in [-0.4, -0.2) is 36.7 Å². The van der Waals surface area contributed by atoms with Crippen LogP contribution in [0, 0.1) is 18.8 Å². The number of benzene rings is 2. The van der Waals surface area contributed by atoms with E-state index in [-0.39, 0.29) is 35.3 Å². The summed E-state index contributed by atoms with van der Waals surface area (Å²) in [7, 11) is 0. The number of ketones is 1.